The van der Waals surface area contributed by atoms with E-state index in [1.807, 2.05) is 6.92 Å². The molecule has 0 aromatic heterocycles. The summed E-state index contributed by atoms with van der Waals surface area (Å²) in [6.07, 6.45) is -0.538. The van der Waals surface area contributed by atoms with Gasteiger partial charge in [0.25, 0.3) is 5.91 Å². The Bertz CT molecular complexity index is 562. The first kappa shape index (κ1) is 20.2. The number of nitrogens with one attached hydrogen (secondary N) is 3. The van der Waals surface area contributed by atoms with E-state index < -0.39 is 12.1 Å². The van der Waals surface area contributed by atoms with Gasteiger partial charge >= 0.3 is 5.97 Å². The summed E-state index contributed by atoms with van der Waals surface area (Å²) >= 11 is 0. The number of hydrogen-bond donors (Lipinski definition) is 3. The predicted molar refractivity (Wildman–Crippen MR) is 95.0 cm³/mol. The number of rotatable bonds is 6. The van der Waals surface area contributed by atoms with Gasteiger partial charge in [0.15, 0.2) is 0 Å². The molecule has 0 aliphatic carbocycles. The third-order valence-electron chi connectivity index (χ3n) is 3.38. The van der Waals surface area contributed by atoms with Crippen LogP contribution in [0.3, 0.4) is 0 Å². The fraction of sp³-hybridized carbons (Fsp3) is 0.500. The molecule has 1 aliphatic rings. The number of carbonyl (C=O) groups is 2. The van der Waals surface area contributed by atoms with E-state index in [0.29, 0.717) is 37.6 Å². The summed E-state index contributed by atoms with van der Waals surface area (Å²) in [5.74, 6) is -0.654. The number of morpholine rings is 1. The Balaban J connectivity index is 0.00000288. The largest absolute Gasteiger partial charge is 0.462 e. The Hall–Kier alpha value is -1.83. The Kier molecular flexibility index (Phi) is 8.53. The van der Waals surface area contributed by atoms with Crippen LogP contribution in [0.15, 0.2) is 18.2 Å². The second-order valence-corrected chi connectivity index (χ2v) is 5.06. The van der Waals surface area contributed by atoms with Crippen molar-refractivity contribution in [2.24, 2.45) is 0 Å². The zero-order chi connectivity index (χ0) is 16.7. The third-order valence-corrected chi connectivity index (χ3v) is 3.38. The van der Waals surface area contributed by atoms with Gasteiger partial charge in [-0.2, -0.15) is 0 Å². The second kappa shape index (κ2) is 10.1. The molecule has 1 atom stereocenters. The molecule has 1 aromatic rings. The minimum atomic E-state index is -0.538. The molecule has 0 spiro atoms. The maximum Gasteiger partial charge on any atom is 0.338 e. The lowest BCUT2D eigenvalue weighted by atomic mass is 10.1. The monoisotopic (exact) mass is 357 g/mol. The summed E-state index contributed by atoms with van der Waals surface area (Å²) in [5.41, 5.74) is 1.68. The molecule has 134 valence electrons. The van der Waals surface area contributed by atoms with Crippen LogP contribution < -0.4 is 16.0 Å². The lowest BCUT2D eigenvalue weighted by Crippen LogP contribution is -2.45. The maximum atomic E-state index is 12.3. The highest BCUT2D eigenvalue weighted by Gasteiger charge is 2.23. The van der Waals surface area contributed by atoms with Gasteiger partial charge in [-0.15, -0.1) is 12.4 Å². The van der Waals surface area contributed by atoms with Crippen LogP contribution in [0.2, 0.25) is 0 Å². The molecule has 1 heterocycles. The zero-order valence-corrected chi connectivity index (χ0v) is 14.7. The summed E-state index contributed by atoms with van der Waals surface area (Å²) < 4.78 is 10.4. The van der Waals surface area contributed by atoms with Crippen molar-refractivity contribution in [3.8, 4) is 0 Å². The van der Waals surface area contributed by atoms with Crippen molar-refractivity contribution in [3.63, 3.8) is 0 Å². The molecule has 0 saturated carbocycles. The Labute approximate surface area is 147 Å². The molecule has 1 unspecified atom stereocenters. The van der Waals surface area contributed by atoms with Crippen LogP contribution in [0.1, 0.15) is 24.2 Å². The van der Waals surface area contributed by atoms with Crippen molar-refractivity contribution in [2.75, 3.05) is 43.5 Å². The number of hydrogen-bond acceptors (Lipinski definition) is 6. The van der Waals surface area contributed by atoms with E-state index in [1.165, 1.54) is 0 Å². The number of anilines is 2. The van der Waals surface area contributed by atoms with Crippen molar-refractivity contribution in [3.05, 3.63) is 23.8 Å². The molecular formula is C16H24ClN3O4. The van der Waals surface area contributed by atoms with Gasteiger partial charge in [-0.25, -0.2) is 4.79 Å². The van der Waals surface area contributed by atoms with Gasteiger partial charge in [-0.1, -0.05) is 0 Å². The molecule has 0 bridgehead atoms. The average Bonchev–Trinajstić information content (AvgIpc) is 2.57. The fourth-order valence-corrected chi connectivity index (χ4v) is 2.28. The standard InChI is InChI=1S/C16H23N3O4.ClH/c1-3-18-12-6-5-11(16(21)22-4-2)9-13(12)19-15(20)14-10-17-7-8-23-14;/h5-6,9,14,17-18H,3-4,7-8,10H2,1-2H3,(H,19,20);1H. The topological polar surface area (TPSA) is 88.7 Å². The van der Waals surface area contributed by atoms with Gasteiger partial charge in [0.05, 0.1) is 30.2 Å². The molecular weight excluding hydrogens is 334 g/mol. The number of esters is 1. The zero-order valence-electron chi connectivity index (χ0n) is 13.9. The SMILES string of the molecule is CCNc1ccc(C(=O)OCC)cc1NC(=O)C1CNCCO1.Cl. The molecule has 1 amide bonds. The lowest BCUT2D eigenvalue weighted by molar-refractivity contribution is -0.128. The fourth-order valence-electron chi connectivity index (χ4n) is 2.28. The van der Waals surface area contributed by atoms with Gasteiger partial charge in [0, 0.05) is 19.6 Å². The van der Waals surface area contributed by atoms with Crippen LogP contribution in [-0.4, -0.2) is 50.8 Å². The molecule has 1 aliphatic heterocycles. The normalized spacial score (nSPS) is 16.7. The summed E-state index contributed by atoms with van der Waals surface area (Å²) in [4.78, 5) is 24.2. The number of ether oxygens (including phenoxy) is 2. The van der Waals surface area contributed by atoms with Crippen LogP contribution in [0.25, 0.3) is 0 Å². The van der Waals surface area contributed by atoms with E-state index in [1.54, 1.807) is 25.1 Å². The third kappa shape index (κ3) is 5.36. The number of halogens is 1. The molecule has 1 saturated heterocycles. The van der Waals surface area contributed by atoms with E-state index in [2.05, 4.69) is 16.0 Å². The first-order valence-electron chi connectivity index (χ1n) is 7.84. The van der Waals surface area contributed by atoms with Crippen LogP contribution in [-0.2, 0) is 14.3 Å². The first-order chi connectivity index (χ1) is 11.2. The van der Waals surface area contributed by atoms with Crippen LogP contribution in [0.4, 0.5) is 11.4 Å². The Morgan fingerprint density at radius 3 is 2.75 bits per heavy atom. The highest BCUT2D eigenvalue weighted by atomic mass is 35.5. The summed E-state index contributed by atoms with van der Waals surface area (Å²) in [6, 6.07) is 5.04. The Morgan fingerprint density at radius 2 is 2.12 bits per heavy atom. The summed E-state index contributed by atoms with van der Waals surface area (Å²) in [7, 11) is 0. The van der Waals surface area contributed by atoms with Crippen LogP contribution in [0.5, 0.6) is 0 Å². The van der Waals surface area contributed by atoms with Gasteiger partial charge in [-0.05, 0) is 32.0 Å². The van der Waals surface area contributed by atoms with Gasteiger partial charge in [0.2, 0.25) is 0 Å². The molecule has 1 aromatic carbocycles. The molecule has 8 heteroatoms. The van der Waals surface area contributed by atoms with Crippen molar-refractivity contribution < 1.29 is 19.1 Å². The predicted octanol–water partition coefficient (Wildman–Crippen LogP) is 1.64. The quantitative estimate of drug-likeness (QED) is 0.671. The average molecular weight is 358 g/mol. The highest BCUT2D eigenvalue weighted by molar-refractivity contribution is 5.99. The molecule has 3 N–H and O–H groups in total. The summed E-state index contributed by atoms with van der Waals surface area (Å²) in [6.45, 7) is 6.42. The van der Waals surface area contributed by atoms with Gasteiger partial charge in [-0.3, -0.25) is 4.79 Å². The van der Waals surface area contributed by atoms with Crippen molar-refractivity contribution >= 4 is 35.7 Å². The number of carbonyl (C=O) groups excluding carboxylic acids is 2. The Morgan fingerprint density at radius 1 is 1.33 bits per heavy atom. The summed E-state index contributed by atoms with van der Waals surface area (Å²) in [5, 5.41) is 9.10. The number of amides is 1. The van der Waals surface area contributed by atoms with Crippen molar-refractivity contribution in [1.29, 1.82) is 0 Å². The minimum absolute atomic E-state index is 0. The van der Waals surface area contributed by atoms with E-state index in [0.717, 1.165) is 12.2 Å². The highest BCUT2D eigenvalue weighted by Crippen LogP contribution is 2.24. The van der Waals surface area contributed by atoms with E-state index in [4.69, 9.17) is 9.47 Å². The smallest absolute Gasteiger partial charge is 0.338 e. The molecule has 1 fully saturated rings. The van der Waals surface area contributed by atoms with Crippen molar-refractivity contribution in [1.82, 2.24) is 5.32 Å². The lowest BCUT2D eigenvalue weighted by Gasteiger charge is -2.23. The maximum absolute atomic E-state index is 12.3. The molecule has 2 rings (SSSR count). The van der Waals surface area contributed by atoms with Gasteiger partial charge in [0.1, 0.15) is 6.10 Å². The molecule has 0 radical (unpaired) electrons. The van der Waals surface area contributed by atoms with Crippen LogP contribution in [0, 0.1) is 0 Å². The molecule has 24 heavy (non-hydrogen) atoms. The van der Waals surface area contributed by atoms with Gasteiger partial charge < -0.3 is 25.4 Å². The van der Waals surface area contributed by atoms with E-state index >= 15 is 0 Å². The second-order valence-electron chi connectivity index (χ2n) is 5.06. The van der Waals surface area contributed by atoms with Crippen molar-refractivity contribution in [2.45, 2.75) is 20.0 Å². The number of benzene rings is 1. The minimum Gasteiger partial charge on any atom is -0.462 e. The van der Waals surface area contributed by atoms with Crippen LogP contribution >= 0.6 is 12.4 Å². The molecule has 7 nitrogen and oxygen atoms in total. The van der Waals surface area contributed by atoms with E-state index in [-0.39, 0.29) is 18.3 Å². The van der Waals surface area contributed by atoms with E-state index in [9.17, 15) is 9.59 Å². The first-order valence-corrected chi connectivity index (χ1v) is 7.84.